The summed E-state index contributed by atoms with van der Waals surface area (Å²) in [6, 6.07) is 18.5. The van der Waals surface area contributed by atoms with Crippen molar-refractivity contribution in [3.8, 4) is 28.9 Å². The van der Waals surface area contributed by atoms with E-state index < -0.39 is 5.91 Å². The lowest BCUT2D eigenvalue weighted by Crippen LogP contribution is -2.23. The maximum atomic E-state index is 12.4. The molecule has 0 bridgehead atoms. The first-order valence-electron chi connectivity index (χ1n) is 8.77. The third-order valence-electron chi connectivity index (χ3n) is 4.30. The Labute approximate surface area is 175 Å². The number of nitrogens with one attached hydrogen (secondary N) is 1. The maximum absolute atomic E-state index is 12.4. The molecule has 1 amide bonds. The number of fused-ring (bicyclic) bond motifs is 1. The number of carbonyl (C=O) groups excluding carboxylic acids is 1. The maximum Gasteiger partial charge on any atom is 0.262 e. The molecule has 1 aliphatic heterocycles. The van der Waals surface area contributed by atoms with Crippen LogP contribution in [0.1, 0.15) is 11.3 Å². The largest absolute Gasteiger partial charge is 0.457 e. The molecule has 1 aromatic heterocycles. The number of halogens is 1. The van der Waals surface area contributed by atoms with E-state index in [0.717, 1.165) is 15.6 Å². The molecule has 29 heavy (non-hydrogen) atoms. The molecular formula is C22H15BrN2O4. The third kappa shape index (κ3) is 4.33. The summed E-state index contributed by atoms with van der Waals surface area (Å²) in [6.45, 7) is 0.453. The molecule has 0 saturated carbocycles. The van der Waals surface area contributed by atoms with Crippen molar-refractivity contribution in [1.82, 2.24) is 5.32 Å². The van der Waals surface area contributed by atoms with E-state index >= 15 is 0 Å². The van der Waals surface area contributed by atoms with Crippen LogP contribution in [-0.4, -0.2) is 12.7 Å². The average molecular weight is 451 g/mol. The van der Waals surface area contributed by atoms with Crippen molar-refractivity contribution < 1.29 is 18.7 Å². The number of amides is 1. The van der Waals surface area contributed by atoms with Gasteiger partial charge >= 0.3 is 0 Å². The molecule has 6 nitrogen and oxygen atoms in total. The number of hydrogen-bond donors (Lipinski definition) is 1. The van der Waals surface area contributed by atoms with Gasteiger partial charge in [0, 0.05) is 22.7 Å². The molecule has 0 spiro atoms. The number of benzene rings is 2. The molecule has 0 aliphatic carbocycles. The van der Waals surface area contributed by atoms with Gasteiger partial charge in [-0.3, -0.25) is 4.79 Å². The Morgan fingerprint density at radius 1 is 1.10 bits per heavy atom. The van der Waals surface area contributed by atoms with E-state index in [1.807, 2.05) is 36.4 Å². The van der Waals surface area contributed by atoms with Gasteiger partial charge in [0.1, 0.15) is 23.2 Å². The highest BCUT2D eigenvalue weighted by Gasteiger charge is 2.15. The van der Waals surface area contributed by atoms with E-state index in [0.29, 0.717) is 23.0 Å². The first-order chi connectivity index (χ1) is 14.1. The number of furan rings is 1. The van der Waals surface area contributed by atoms with E-state index in [4.69, 9.17) is 13.9 Å². The van der Waals surface area contributed by atoms with Gasteiger partial charge in [-0.05, 0) is 42.0 Å². The predicted molar refractivity (Wildman–Crippen MR) is 110 cm³/mol. The van der Waals surface area contributed by atoms with Crippen molar-refractivity contribution in [1.29, 1.82) is 5.26 Å². The summed E-state index contributed by atoms with van der Waals surface area (Å²) in [5.74, 6) is 1.92. The number of hydrogen-bond acceptors (Lipinski definition) is 5. The molecule has 0 atom stereocenters. The summed E-state index contributed by atoms with van der Waals surface area (Å²) < 4.78 is 17.3. The minimum atomic E-state index is -0.480. The fraction of sp³-hybridized carbons (Fsp3) is 0.0909. The van der Waals surface area contributed by atoms with E-state index in [-0.39, 0.29) is 18.9 Å². The van der Waals surface area contributed by atoms with E-state index in [9.17, 15) is 10.1 Å². The summed E-state index contributed by atoms with van der Waals surface area (Å²) in [4.78, 5) is 12.4. The summed E-state index contributed by atoms with van der Waals surface area (Å²) in [7, 11) is 0. The highest BCUT2D eigenvalue weighted by molar-refractivity contribution is 9.10. The molecule has 144 valence electrons. The van der Waals surface area contributed by atoms with Crippen LogP contribution < -0.4 is 14.8 Å². The number of nitriles is 1. The van der Waals surface area contributed by atoms with Crippen LogP contribution >= 0.6 is 15.9 Å². The van der Waals surface area contributed by atoms with Crippen molar-refractivity contribution in [2.24, 2.45) is 0 Å². The first-order valence-corrected chi connectivity index (χ1v) is 9.56. The van der Waals surface area contributed by atoms with Gasteiger partial charge in [-0.15, -0.1) is 0 Å². The Kier molecular flexibility index (Phi) is 5.36. The lowest BCUT2D eigenvalue weighted by Gasteiger charge is -2.05. The molecule has 0 saturated heterocycles. The number of nitrogens with zero attached hydrogens (tertiary/aromatic N) is 1. The lowest BCUT2D eigenvalue weighted by atomic mass is 10.2. The topological polar surface area (TPSA) is 84.5 Å². The zero-order valence-electron chi connectivity index (χ0n) is 15.1. The van der Waals surface area contributed by atoms with Gasteiger partial charge in [0.2, 0.25) is 6.79 Å². The molecule has 1 aliphatic rings. The molecule has 3 aromatic rings. The smallest absolute Gasteiger partial charge is 0.262 e. The molecular weight excluding hydrogens is 436 g/mol. The van der Waals surface area contributed by atoms with Gasteiger partial charge in [0.25, 0.3) is 5.91 Å². The van der Waals surface area contributed by atoms with Crippen LogP contribution in [0.2, 0.25) is 0 Å². The highest BCUT2D eigenvalue weighted by atomic mass is 79.9. The Hall–Kier alpha value is -3.50. The predicted octanol–water partition coefficient (Wildman–Crippen LogP) is 4.66. The Balaban J connectivity index is 1.44. The van der Waals surface area contributed by atoms with Crippen LogP contribution in [0.5, 0.6) is 11.5 Å². The Morgan fingerprint density at radius 2 is 1.90 bits per heavy atom. The monoisotopic (exact) mass is 450 g/mol. The molecule has 7 heteroatoms. The van der Waals surface area contributed by atoms with Crippen LogP contribution in [0.15, 0.2) is 69.1 Å². The van der Waals surface area contributed by atoms with Crippen molar-refractivity contribution in [3.05, 3.63) is 76.0 Å². The van der Waals surface area contributed by atoms with E-state index in [1.165, 1.54) is 6.08 Å². The highest BCUT2D eigenvalue weighted by Crippen LogP contribution is 2.32. The zero-order valence-corrected chi connectivity index (χ0v) is 16.7. The number of carbonyl (C=O) groups is 1. The Bertz CT molecular complexity index is 1130. The van der Waals surface area contributed by atoms with Gasteiger partial charge in [0.05, 0.1) is 0 Å². The molecule has 4 rings (SSSR count). The molecule has 1 N–H and O–H groups in total. The SMILES string of the molecule is N#C/C(=C\c1ccc(-c2ccc(Br)cc2)o1)C(=O)NCc1ccc2c(c1)OCO2. The van der Waals surface area contributed by atoms with Crippen LogP contribution in [0.4, 0.5) is 0 Å². The number of rotatable bonds is 5. The second-order valence-corrected chi connectivity index (χ2v) is 7.16. The molecule has 2 aromatic carbocycles. The summed E-state index contributed by atoms with van der Waals surface area (Å²) in [5, 5.41) is 12.1. The second-order valence-electron chi connectivity index (χ2n) is 6.25. The minimum absolute atomic E-state index is 0.0394. The summed E-state index contributed by atoms with van der Waals surface area (Å²) in [6.07, 6.45) is 1.43. The van der Waals surface area contributed by atoms with Gasteiger partial charge in [-0.1, -0.05) is 34.1 Å². The molecule has 0 unspecified atom stereocenters. The van der Waals surface area contributed by atoms with Gasteiger partial charge in [-0.2, -0.15) is 5.26 Å². The Morgan fingerprint density at radius 3 is 2.69 bits per heavy atom. The lowest BCUT2D eigenvalue weighted by molar-refractivity contribution is -0.117. The van der Waals surface area contributed by atoms with Gasteiger partial charge in [-0.25, -0.2) is 0 Å². The van der Waals surface area contributed by atoms with Gasteiger partial charge < -0.3 is 19.2 Å². The fourth-order valence-electron chi connectivity index (χ4n) is 2.82. The van der Waals surface area contributed by atoms with Crippen LogP contribution in [0.25, 0.3) is 17.4 Å². The fourth-order valence-corrected chi connectivity index (χ4v) is 3.08. The van der Waals surface area contributed by atoms with E-state index in [1.54, 1.807) is 24.3 Å². The molecule has 0 fully saturated rings. The van der Waals surface area contributed by atoms with Crippen molar-refractivity contribution >= 4 is 27.9 Å². The van der Waals surface area contributed by atoms with E-state index in [2.05, 4.69) is 21.2 Å². The minimum Gasteiger partial charge on any atom is -0.457 e. The van der Waals surface area contributed by atoms with Crippen molar-refractivity contribution in [2.75, 3.05) is 6.79 Å². The van der Waals surface area contributed by atoms with Crippen LogP contribution in [-0.2, 0) is 11.3 Å². The molecule has 0 radical (unpaired) electrons. The summed E-state index contributed by atoms with van der Waals surface area (Å²) in [5.41, 5.74) is 1.71. The van der Waals surface area contributed by atoms with Crippen molar-refractivity contribution in [3.63, 3.8) is 0 Å². The second kappa shape index (κ2) is 8.25. The molecule has 2 heterocycles. The average Bonchev–Trinajstić information content (AvgIpc) is 3.39. The summed E-state index contributed by atoms with van der Waals surface area (Å²) >= 11 is 3.39. The van der Waals surface area contributed by atoms with Gasteiger partial charge in [0.15, 0.2) is 11.5 Å². The first kappa shape index (κ1) is 18.8. The van der Waals surface area contributed by atoms with Crippen molar-refractivity contribution in [2.45, 2.75) is 6.54 Å². The standard InChI is InChI=1S/C22H15BrN2O4/c23-17-4-2-15(3-5-17)19-8-6-18(29-19)10-16(11-24)22(26)25-12-14-1-7-20-21(9-14)28-13-27-20/h1-10H,12-13H2,(H,25,26)/b16-10+. The quantitative estimate of drug-likeness (QED) is 0.451. The number of ether oxygens (including phenoxy) is 2. The van der Waals surface area contributed by atoms with Crippen LogP contribution in [0, 0.1) is 11.3 Å². The zero-order chi connectivity index (χ0) is 20.2. The normalized spacial score (nSPS) is 12.5. The van der Waals surface area contributed by atoms with Crippen LogP contribution in [0.3, 0.4) is 0 Å². The third-order valence-corrected chi connectivity index (χ3v) is 4.83.